The highest BCUT2D eigenvalue weighted by atomic mass is 14.8. The molecule has 54 valence electrons. The van der Waals surface area contributed by atoms with E-state index in [1.807, 2.05) is 0 Å². The first-order chi connectivity index (χ1) is 4.81. The average molecular weight is 134 g/mol. The van der Waals surface area contributed by atoms with Crippen molar-refractivity contribution < 1.29 is 0 Å². The predicted molar refractivity (Wildman–Crippen MR) is 39.4 cm³/mol. The molecule has 6 unspecified atom stereocenters. The van der Waals surface area contributed by atoms with Crippen molar-refractivity contribution in [3.05, 3.63) is 0 Å². The molecule has 4 saturated carbocycles. The first-order valence-electron chi connectivity index (χ1n) is 4.81. The molecule has 0 saturated heterocycles. The molecule has 0 aromatic heterocycles. The lowest BCUT2D eigenvalue weighted by Gasteiger charge is -2.14. The van der Waals surface area contributed by atoms with Crippen LogP contribution in [-0.2, 0) is 0 Å². The molecular formula is C10H14. The molecule has 4 rings (SSSR count). The Bertz CT molecular complexity index is 210. The normalized spacial score (nSPS) is 80.7. The van der Waals surface area contributed by atoms with Crippen LogP contribution in [0.2, 0.25) is 0 Å². The molecule has 0 aromatic carbocycles. The molecule has 0 nitrogen and oxygen atoms in total. The van der Waals surface area contributed by atoms with Crippen LogP contribution >= 0.6 is 0 Å². The Morgan fingerprint density at radius 2 is 1.80 bits per heavy atom. The highest BCUT2D eigenvalue weighted by molar-refractivity contribution is 5.24. The lowest BCUT2D eigenvalue weighted by Crippen LogP contribution is -2.10. The molecule has 0 N–H and O–H groups in total. The van der Waals surface area contributed by atoms with E-state index >= 15 is 0 Å². The molecular weight excluding hydrogens is 120 g/mol. The Balaban J connectivity index is 1.84. The van der Waals surface area contributed by atoms with Gasteiger partial charge in [-0.2, -0.15) is 0 Å². The maximum Gasteiger partial charge on any atom is -0.0260 e. The van der Waals surface area contributed by atoms with Crippen LogP contribution in [0.1, 0.15) is 26.2 Å². The molecule has 0 spiro atoms. The smallest absolute Gasteiger partial charge is 0.0260 e. The molecule has 4 fully saturated rings. The second kappa shape index (κ2) is 1.00. The first kappa shape index (κ1) is 4.79. The third-order valence-corrected chi connectivity index (χ3v) is 4.99. The van der Waals surface area contributed by atoms with Crippen molar-refractivity contribution in [1.29, 1.82) is 0 Å². The molecule has 4 aliphatic carbocycles. The topological polar surface area (TPSA) is 0 Å². The van der Waals surface area contributed by atoms with Crippen molar-refractivity contribution in [2.24, 2.45) is 35.0 Å². The Morgan fingerprint density at radius 1 is 1.00 bits per heavy atom. The number of rotatable bonds is 0. The minimum absolute atomic E-state index is 0.891. The van der Waals surface area contributed by atoms with Gasteiger partial charge in [0.2, 0.25) is 0 Å². The Morgan fingerprint density at radius 3 is 2.70 bits per heavy atom. The molecule has 0 bridgehead atoms. The summed E-state index contributed by atoms with van der Waals surface area (Å²) in [5.41, 5.74) is 0.891. The summed E-state index contributed by atoms with van der Waals surface area (Å²) in [6.45, 7) is 2.55. The van der Waals surface area contributed by atoms with Crippen LogP contribution in [0.15, 0.2) is 0 Å². The summed E-state index contributed by atoms with van der Waals surface area (Å²) in [5, 5.41) is 0. The van der Waals surface area contributed by atoms with Gasteiger partial charge in [-0.3, -0.25) is 0 Å². The minimum Gasteiger partial charge on any atom is -0.0591 e. The standard InChI is InChI=1S/C10H14/c1-10-4-9(10)6-2-5(6)7-3-8(7)10/h5-9H,2-4H2,1H3. The molecule has 0 aliphatic heterocycles. The van der Waals surface area contributed by atoms with E-state index in [4.69, 9.17) is 0 Å². The molecule has 0 heterocycles. The van der Waals surface area contributed by atoms with Crippen LogP contribution in [0.3, 0.4) is 0 Å². The molecule has 0 amide bonds. The van der Waals surface area contributed by atoms with E-state index in [2.05, 4.69) is 6.92 Å². The Hall–Kier alpha value is 0. The van der Waals surface area contributed by atoms with E-state index in [-0.39, 0.29) is 0 Å². The van der Waals surface area contributed by atoms with Gasteiger partial charge < -0.3 is 0 Å². The molecule has 4 aliphatic rings. The fraction of sp³-hybridized carbons (Fsp3) is 1.00. The van der Waals surface area contributed by atoms with Gasteiger partial charge in [0.15, 0.2) is 0 Å². The van der Waals surface area contributed by atoms with Crippen molar-refractivity contribution in [2.75, 3.05) is 0 Å². The Labute approximate surface area is 62.0 Å². The molecule has 0 aromatic rings. The van der Waals surface area contributed by atoms with Crippen LogP contribution < -0.4 is 0 Å². The van der Waals surface area contributed by atoms with Crippen LogP contribution in [0.25, 0.3) is 0 Å². The zero-order chi connectivity index (χ0) is 6.51. The van der Waals surface area contributed by atoms with Crippen molar-refractivity contribution in [1.82, 2.24) is 0 Å². The molecule has 0 heteroatoms. The van der Waals surface area contributed by atoms with Crippen molar-refractivity contribution in [2.45, 2.75) is 26.2 Å². The van der Waals surface area contributed by atoms with Gasteiger partial charge in [-0.05, 0) is 54.3 Å². The van der Waals surface area contributed by atoms with Crippen LogP contribution in [0.5, 0.6) is 0 Å². The van der Waals surface area contributed by atoms with Crippen LogP contribution in [-0.4, -0.2) is 0 Å². The molecule has 10 heavy (non-hydrogen) atoms. The van der Waals surface area contributed by atoms with Gasteiger partial charge in [0.25, 0.3) is 0 Å². The van der Waals surface area contributed by atoms with E-state index in [9.17, 15) is 0 Å². The SMILES string of the molecule is CC12CC1C1CC1C1CC12. The van der Waals surface area contributed by atoms with Gasteiger partial charge in [0, 0.05) is 0 Å². The van der Waals surface area contributed by atoms with Crippen LogP contribution in [0, 0.1) is 35.0 Å². The summed E-state index contributed by atoms with van der Waals surface area (Å²) in [6, 6.07) is 0. The monoisotopic (exact) mass is 134 g/mol. The maximum atomic E-state index is 2.55. The van der Waals surface area contributed by atoms with Crippen molar-refractivity contribution in [3.63, 3.8) is 0 Å². The Kier molecular flexibility index (Phi) is 0.479. The fourth-order valence-electron chi connectivity index (χ4n) is 4.12. The van der Waals surface area contributed by atoms with E-state index in [0.29, 0.717) is 0 Å². The van der Waals surface area contributed by atoms with Gasteiger partial charge in [-0.25, -0.2) is 0 Å². The second-order valence-electron chi connectivity index (χ2n) is 5.39. The highest BCUT2D eigenvalue weighted by Crippen LogP contribution is 2.83. The summed E-state index contributed by atoms with van der Waals surface area (Å²) >= 11 is 0. The van der Waals surface area contributed by atoms with Crippen molar-refractivity contribution in [3.8, 4) is 0 Å². The van der Waals surface area contributed by atoms with Crippen molar-refractivity contribution >= 4 is 0 Å². The van der Waals surface area contributed by atoms with Gasteiger partial charge in [-0.15, -0.1) is 0 Å². The lowest BCUT2D eigenvalue weighted by atomic mass is 9.90. The number of hydrogen-bond donors (Lipinski definition) is 0. The lowest BCUT2D eigenvalue weighted by molar-refractivity contribution is 0.328. The number of hydrogen-bond acceptors (Lipinski definition) is 0. The third-order valence-electron chi connectivity index (χ3n) is 4.99. The first-order valence-corrected chi connectivity index (χ1v) is 4.81. The van der Waals surface area contributed by atoms with Gasteiger partial charge in [-0.1, -0.05) is 6.92 Å². The summed E-state index contributed by atoms with van der Waals surface area (Å²) in [4.78, 5) is 0. The van der Waals surface area contributed by atoms with E-state index in [1.54, 1.807) is 19.3 Å². The zero-order valence-electron chi connectivity index (χ0n) is 6.51. The molecule has 0 radical (unpaired) electrons. The van der Waals surface area contributed by atoms with Gasteiger partial charge in [0.1, 0.15) is 0 Å². The van der Waals surface area contributed by atoms with Gasteiger partial charge in [0.05, 0.1) is 0 Å². The average Bonchev–Trinajstić information content (AvgIpc) is 2.64. The summed E-state index contributed by atoms with van der Waals surface area (Å²) in [7, 11) is 0. The quantitative estimate of drug-likeness (QED) is 0.477. The largest absolute Gasteiger partial charge is 0.0591 e. The second-order valence-corrected chi connectivity index (χ2v) is 5.39. The minimum atomic E-state index is 0.891. The fourth-order valence-corrected chi connectivity index (χ4v) is 4.12. The third kappa shape index (κ3) is 0.320. The summed E-state index contributed by atoms with van der Waals surface area (Å²) in [5.74, 6) is 6.12. The molecule has 6 atom stereocenters. The van der Waals surface area contributed by atoms with E-state index < -0.39 is 0 Å². The summed E-state index contributed by atoms with van der Waals surface area (Å²) < 4.78 is 0. The predicted octanol–water partition coefficient (Wildman–Crippen LogP) is 2.30. The summed E-state index contributed by atoms with van der Waals surface area (Å²) in [6.07, 6.45) is 4.85. The van der Waals surface area contributed by atoms with E-state index in [1.165, 1.54) is 29.6 Å². The van der Waals surface area contributed by atoms with Crippen LogP contribution in [0.4, 0.5) is 0 Å². The maximum absolute atomic E-state index is 2.55. The van der Waals surface area contributed by atoms with Gasteiger partial charge >= 0.3 is 0 Å². The number of fused-ring (bicyclic) bond motifs is 6. The highest BCUT2D eigenvalue weighted by Gasteiger charge is 2.76. The van der Waals surface area contributed by atoms with E-state index in [0.717, 1.165) is 5.41 Å². The zero-order valence-corrected chi connectivity index (χ0v) is 6.51.